The molecule has 0 fully saturated rings. The van der Waals surface area contributed by atoms with Gasteiger partial charge in [0.15, 0.2) is 0 Å². The number of hydrogen-bond donors (Lipinski definition) is 2. The smallest absolute Gasteiger partial charge is 0.263 e. The Labute approximate surface area is 175 Å². The van der Waals surface area contributed by atoms with Crippen LogP contribution in [-0.4, -0.2) is 28.1 Å². The van der Waals surface area contributed by atoms with E-state index in [2.05, 4.69) is 26.2 Å². The minimum absolute atomic E-state index is 0.183. The summed E-state index contributed by atoms with van der Waals surface area (Å²) in [4.78, 5) is 17.6. The Balaban J connectivity index is 1.75. The van der Waals surface area contributed by atoms with Crippen molar-refractivity contribution in [2.24, 2.45) is 0 Å². The summed E-state index contributed by atoms with van der Waals surface area (Å²) in [7, 11) is 0. The van der Waals surface area contributed by atoms with Gasteiger partial charge in [0, 0.05) is 15.1 Å². The zero-order chi connectivity index (χ0) is 19.4. The van der Waals surface area contributed by atoms with Crippen LogP contribution in [0.15, 0.2) is 59.2 Å². The number of benzene rings is 2. The summed E-state index contributed by atoms with van der Waals surface area (Å²) < 4.78 is 0.925. The van der Waals surface area contributed by atoms with Crippen LogP contribution >= 0.6 is 38.9 Å². The molecule has 0 saturated heterocycles. The summed E-state index contributed by atoms with van der Waals surface area (Å²) in [6.45, 7) is 1.63. The molecule has 7 heteroatoms. The van der Waals surface area contributed by atoms with E-state index in [1.54, 1.807) is 18.3 Å². The Hall–Kier alpha value is -1.73. The van der Waals surface area contributed by atoms with Gasteiger partial charge in [0.1, 0.15) is 9.88 Å². The fourth-order valence-corrected chi connectivity index (χ4v) is 4.25. The van der Waals surface area contributed by atoms with Gasteiger partial charge in [-0.1, -0.05) is 57.9 Å². The van der Waals surface area contributed by atoms with Crippen molar-refractivity contribution in [3.05, 3.63) is 74.7 Å². The maximum atomic E-state index is 12.7. The predicted octanol–water partition coefficient (Wildman–Crippen LogP) is 4.95. The molecule has 4 nitrogen and oxygen atoms in total. The first kappa shape index (κ1) is 20.0. The molecule has 0 bridgehead atoms. The van der Waals surface area contributed by atoms with E-state index in [4.69, 9.17) is 11.6 Å². The summed E-state index contributed by atoms with van der Waals surface area (Å²) in [6, 6.07) is 15.1. The SMILES string of the molecule is CC(CO)(Cc1ccc(Cl)cc1)NC(=O)c1cnc(-c2ccccc2Br)s1. The van der Waals surface area contributed by atoms with E-state index >= 15 is 0 Å². The Morgan fingerprint density at radius 2 is 1.96 bits per heavy atom. The van der Waals surface area contributed by atoms with Gasteiger partial charge in [0.2, 0.25) is 0 Å². The first-order chi connectivity index (χ1) is 12.9. The molecule has 2 N–H and O–H groups in total. The third-order valence-corrected chi connectivity index (χ3v) is 6.08. The van der Waals surface area contributed by atoms with Gasteiger partial charge in [-0.15, -0.1) is 11.3 Å². The average Bonchev–Trinajstić information content (AvgIpc) is 3.14. The monoisotopic (exact) mass is 464 g/mol. The van der Waals surface area contributed by atoms with Crippen LogP contribution in [-0.2, 0) is 6.42 Å². The first-order valence-corrected chi connectivity index (χ1v) is 10.3. The van der Waals surface area contributed by atoms with Gasteiger partial charge in [-0.3, -0.25) is 4.79 Å². The molecule has 3 rings (SSSR count). The molecule has 0 spiro atoms. The fourth-order valence-electron chi connectivity index (χ4n) is 2.67. The van der Waals surface area contributed by atoms with E-state index in [-0.39, 0.29) is 12.5 Å². The van der Waals surface area contributed by atoms with Crippen LogP contribution in [0.1, 0.15) is 22.2 Å². The number of hydrogen-bond acceptors (Lipinski definition) is 4. The van der Waals surface area contributed by atoms with Gasteiger partial charge in [0.25, 0.3) is 5.91 Å². The maximum Gasteiger partial charge on any atom is 0.263 e. The minimum Gasteiger partial charge on any atom is -0.394 e. The zero-order valence-corrected chi connectivity index (χ0v) is 17.7. The van der Waals surface area contributed by atoms with E-state index in [1.165, 1.54) is 11.3 Å². The van der Waals surface area contributed by atoms with E-state index in [1.807, 2.05) is 43.3 Å². The highest BCUT2D eigenvalue weighted by Crippen LogP contribution is 2.31. The molecule has 0 radical (unpaired) electrons. The topological polar surface area (TPSA) is 62.2 Å². The third-order valence-electron chi connectivity index (χ3n) is 4.11. The Bertz CT molecular complexity index is 945. The first-order valence-electron chi connectivity index (χ1n) is 8.29. The molecule has 2 aromatic carbocycles. The van der Waals surface area contributed by atoms with Crippen molar-refractivity contribution in [3.63, 3.8) is 0 Å². The van der Waals surface area contributed by atoms with E-state index in [9.17, 15) is 9.90 Å². The molecule has 140 valence electrons. The van der Waals surface area contributed by atoms with Gasteiger partial charge in [-0.2, -0.15) is 0 Å². The normalized spacial score (nSPS) is 13.2. The van der Waals surface area contributed by atoms with Gasteiger partial charge in [-0.05, 0) is 37.1 Å². The lowest BCUT2D eigenvalue weighted by Crippen LogP contribution is -2.50. The lowest BCUT2D eigenvalue weighted by Gasteiger charge is -2.28. The summed E-state index contributed by atoms with van der Waals surface area (Å²) >= 11 is 10.7. The van der Waals surface area contributed by atoms with Gasteiger partial charge in [0.05, 0.1) is 18.3 Å². The average molecular weight is 466 g/mol. The molecule has 1 atom stereocenters. The highest BCUT2D eigenvalue weighted by Gasteiger charge is 2.27. The van der Waals surface area contributed by atoms with Gasteiger partial charge < -0.3 is 10.4 Å². The second-order valence-corrected chi connectivity index (χ2v) is 8.81. The van der Waals surface area contributed by atoms with Crippen LogP contribution in [0.2, 0.25) is 5.02 Å². The molecule has 0 saturated carbocycles. The number of carbonyl (C=O) groups excluding carboxylic acids is 1. The number of rotatable bonds is 6. The second-order valence-electron chi connectivity index (χ2n) is 6.49. The summed E-state index contributed by atoms with van der Waals surface area (Å²) in [5.74, 6) is -0.253. The number of nitrogens with one attached hydrogen (secondary N) is 1. The molecule has 1 aromatic heterocycles. The lowest BCUT2D eigenvalue weighted by atomic mass is 9.93. The van der Waals surface area contributed by atoms with Crippen LogP contribution < -0.4 is 5.32 Å². The molecule has 1 unspecified atom stereocenters. The number of aliphatic hydroxyl groups excluding tert-OH is 1. The van der Waals surface area contributed by atoms with Crippen molar-refractivity contribution in [2.75, 3.05) is 6.61 Å². The number of aliphatic hydroxyl groups is 1. The van der Waals surface area contributed by atoms with E-state index in [0.717, 1.165) is 20.6 Å². The van der Waals surface area contributed by atoms with Crippen molar-refractivity contribution in [1.82, 2.24) is 10.3 Å². The maximum absolute atomic E-state index is 12.7. The molecular formula is C20H18BrClN2O2S. The standard InChI is InChI=1S/C20H18BrClN2O2S/c1-20(12-25,10-13-6-8-14(22)9-7-13)24-18(26)17-11-23-19(27-17)15-4-2-3-5-16(15)21/h2-9,11,25H,10,12H2,1H3,(H,24,26). The van der Waals surface area contributed by atoms with E-state index < -0.39 is 5.54 Å². The number of halogens is 2. The summed E-state index contributed by atoms with van der Waals surface area (Å²) in [5, 5.41) is 14.2. The Morgan fingerprint density at radius 1 is 1.26 bits per heavy atom. The quantitative estimate of drug-likeness (QED) is 0.541. The molecule has 0 aliphatic heterocycles. The molecule has 1 heterocycles. The third kappa shape index (κ3) is 4.96. The fraction of sp³-hybridized carbons (Fsp3) is 0.200. The molecule has 27 heavy (non-hydrogen) atoms. The summed E-state index contributed by atoms with van der Waals surface area (Å²) in [5.41, 5.74) is 1.13. The van der Waals surface area contributed by atoms with Gasteiger partial charge in [-0.25, -0.2) is 4.98 Å². The molecule has 0 aliphatic rings. The second kappa shape index (κ2) is 8.52. The van der Waals surface area contributed by atoms with Crippen molar-refractivity contribution in [3.8, 4) is 10.6 Å². The van der Waals surface area contributed by atoms with Crippen LogP contribution in [0.5, 0.6) is 0 Å². The number of carbonyl (C=O) groups is 1. The number of thiazole rings is 1. The van der Waals surface area contributed by atoms with Crippen LogP contribution in [0.3, 0.4) is 0 Å². The highest BCUT2D eigenvalue weighted by atomic mass is 79.9. The number of aromatic nitrogens is 1. The molecule has 0 aliphatic carbocycles. The highest BCUT2D eigenvalue weighted by molar-refractivity contribution is 9.10. The molecule has 1 amide bonds. The molecule has 3 aromatic rings. The van der Waals surface area contributed by atoms with Gasteiger partial charge >= 0.3 is 0 Å². The van der Waals surface area contributed by atoms with Crippen molar-refractivity contribution in [2.45, 2.75) is 18.9 Å². The Morgan fingerprint density at radius 3 is 2.63 bits per heavy atom. The summed E-state index contributed by atoms with van der Waals surface area (Å²) in [6.07, 6.45) is 2.05. The number of nitrogens with zero attached hydrogens (tertiary/aromatic N) is 1. The van der Waals surface area contributed by atoms with Crippen molar-refractivity contribution in [1.29, 1.82) is 0 Å². The van der Waals surface area contributed by atoms with Crippen molar-refractivity contribution < 1.29 is 9.90 Å². The largest absolute Gasteiger partial charge is 0.394 e. The minimum atomic E-state index is -0.789. The van der Waals surface area contributed by atoms with Crippen LogP contribution in [0.4, 0.5) is 0 Å². The predicted molar refractivity (Wildman–Crippen MR) is 113 cm³/mol. The number of amides is 1. The van der Waals surface area contributed by atoms with Crippen LogP contribution in [0.25, 0.3) is 10.6 Å². The van der Waals surface area contributed by atoms with Crippen LogP contribution in [0, 0.1) is 0 Å². The Kier molecular flexibility index (Phi) is 6.32. The zero-order valence-electron chi connectivity index (χ0n) is 14.6. The van der Waals surface area contributed by atoms with E-state index in [0.29, 0.717) is 16.3 Å². The lowest BCUT2D eigenvalue weighted by molar-refractivity contribution is 0.0856. The van der Waals surface area contributed by atoms with Crippen molar-refractivity contribution >= 4 is 44.8 Å². The molecular weight excluding hydrogens is 448 g/mol.